The molecule has 0 saturated carbocycles. The average molecular weight is 303 g/mol. The molecule has 4 nitrogen and oxygen atoms in total. The van der Waals surface area contributed by atoms with E-state index in [2.05, 4.69) is 24.3 Å². The standard InChI is InChI=1S/C18H25NO3/c1-13(2)19(10-9-18(21)22)17(20)12-14-7-8-15-5-3-4-6-16(15)11-14/h3-6,13-14H,7-12H2,1-2H3,(H,21,22). The van der Waals surface area contributed by atoms with Gasteiger partial charge in [0, 0.05) is 19.0 Å². The number of carboxylic acid groups (broad SMARTS) is 1. The molecule has 1 amide bonds. The molecule has 0 saturated heterocycles. The topological polar surface area (TPSA) is 57.6 Å². The second kappa shape index (κ2) is 7.43. The van der Waals surface area contributed by atoms with Crippen molar-refractivity contribution in [2.24, 2.45) is 5.92 Å². The Labute approximate surface area is 132 Å². The van der Waals surface area contributed by atoms with Crippen LogP contribution in [-0.2, 0) is 22.4 Å². The smallest absolute Gasteiger partial charge is 0.305 e. The monoisotopic (exact) mass is 303 g/mol. The van der Waals surface area contributed by atoms with E-state index in [0.717, 1.165) is 19.3 Å². The fraction of sp³-hybridized carbons (Fsp3) is 0.556. The molecule has 4 heteroatoms. The van der Waals surface area contributed by atoms with E-state index in [1.807, 2.05) is 13.8 Å². The number of rotatable bonds is 6. The lowest BCUT2D eigenvalue weighted by atomic mass is 9.82. The summed E-state index contributed by atoms with van der Waals surface area (Å²) in [5, 5.41) is 8.82. The van der Waals surface area contributed by atoms with Gasteiger partial charge < -0.3 is 10.0 Å². The first-order valence-electron chi connectivity index (χ1n) is 8.05. The van der Waals surface area contributed by atoms with Crippen molar-refractivity contribution in [2.45, 2.75) is 52.0 Å². The number of benzene rings is 1. The van der Waals surface area contributed by atoms with Gasteiger partial charge in [-0.25, -0.2) is 0 Å². The van der Waals surface area contributed by atoms with Gasteiger partial charge in [0.2, 0.25) is 5.91 Å². The normalized spacial score (nSPS) is 17.1. The van der Waals surface area contributed by atoms with Crippen molar-refractivity contribution in [1.82, 2.24) is 4.90 Å². The zero-order valence-corrected chi connectivity index (χ0v) is 13.4. The number of hydrogen-bond donors (Lipinski definition) is 1. The van der Waals surface area contributed by atoms with Crippen LogP contribution in [0.4, 0.5) is 0 Å². The molecule has 0 fully saturated rings. The summed E-state index contributed by atoms with van der Waals surface area (Å²) in [5.41, 5.74) is 2.76. The zero-order valence-electron chi connectivity index (χ0n) is 13.4. The van der Waals surface area contributed by atoms with E-state index in [1.54, 1.807) is 4.90 Å². The molecule has 1 aromatic carbocycles. The highest BCUT2D eigenvalue weighted by Gasteiger charge is 2.24. The Morgan fingerprint density at radius 2 is 1.95 bits per heavy atom. The minimum atomic E-state index is -0.856. The molecule has 1 aliphatic rings. The number of aryl methyl sites for hydroxylation is 1. The Morgan fingerprint density at radius 3 is 2.59 bits per heavy atom. The summed E-state index contributed by atoms with van der Waals surface area (Å²) >= 11 is 0. The van der Waals surface area contributed by atoms with E-state index in [9.17, 15) is 9.59 Å². The third kappa shape index (κ3) is 4.33. The van der Waals surface area contributed by atoms with Crippen molar-refractivity contribution in [1.29, 1.82) is 0 Å². The number of hydrogen-bond acceptors (Lipinski definition) is 2. The van der Waals surface area contributed by atoms with Crippen molar-refractivity contribution in [3.63, 3.8) is 0 Å². The number of carbonyl (C=O) groups excluding carboxylic acids is 1. The van der Waals surface area contributed by atoms with Gasteiger partial charge in [0.05, 0.1) is 6.42 Å². The van der Waals surface area contributed by atoms with E-state index in [0.29, 0.717) is 18.9 Å². The number of carbonyl (C=O) groups is 2. The fourth-order valence-electron chi connectivity index (χ4n) is 3.20. The molecule has 1 unspecified atom stereocenters. The molecular formula is C18H25NO3. The average Bonchev–Trinajstić information content (AvgIpc) is 2.46. The van der Waals surface area contributed by atoms with Crippen molar-refractivity contribution in [3.05, 3.63) is 35.4 Å². The Morgan fingerprint density at radius 1 is 1.27 bits per heavy atom. The Balaban J connectivity index is 1.94. The molecule has 0 aliphatic heterocycles. The van der Waals surface area contributed by atoms with E-state index in [4.69, 9.17) is 5.11 Å². The molecule has 22 heavy (non-hydrogen) atoms. The van der Waals surface area contributed by atoms with E-state index in [-0.39, 0.29) is 18.4 Å². The maximum Gasteiger partial charge on any atom is 0.305 e. The van der Waals surface area contributed by atoms with E-state index in [1.165, 1.54) is 11.1 Å². The summed E-state index contributed by atoms with van der Waals surface area (Å²) in [6.07, 6.45) is 3.55. The minimum absolute atomic E-state index is 0.0113. The van der Waals surface area contributed by atoms with Crippen LogP contribution < -0.4 is 0 Å². The Bertz CT molecular complexity index is 539. The summed E-state index contributed by atoms with van der Waals surface area (Å²) < 4.78 is 0. The lowest BCUT2D eigenvalue weighted by Gasteiger charge is -2.30. The SMILES string of the molecule is CC(C)N(CCC(=O)O)C(=O)CC1CCc2ccccc2C1. The maximum atomic E-state index is 12.5. The molecule has 120 valence electrons. The minimum Gasteiger partial charge on any atom is -0.481 e. The zero-order chi connectivity index (χ0) is 16.1. The molecular weight excluding hydrogens is 278 g/mol. The van der Waals surface area contributed by atoms with Crippen molar-refractivity contribution < 1.29 is 14.7 Å². The van der Waals surface area contributed by atoms with Gasteiger partial charge in [-0.05, 0) is 50.2 Å². The molecule has 0 bridgehead atoms. The van der Waals surface area contributed by atoms with Gasteiger partial charge in [0.1, 0.15) is 0 Å². The highest BCUT2D eigenvalue weighted by atomic mass is 16.4. The summed E-state index contributed by atoms with van der Waals surface area (Å²) in [6.45, 7) is 4.18. The summed E-state index contributed by atoms with van der Waals surface area (Å²) in [6, 6.07) is 8.48. The lowest BCUT2D eigenvalue weighted by molar-refractivity contribution is -0.139. The van der Waals surface area contributed by atoms with Gasteiger partial charge in [0.25, 0.3) is 0 Å². The van der Waals surface area contributed by atoms with Crippen LogP contribution in [-0.4, -0.2) is 34.5 Å². The summed E-state index contributed by atoms with van der Waals surface area (Å²) in [5.74, 6) is -0.404. The molecule has 1 atom stereocenters. The predicted octanol–water partition coefficient (Wildman–Crippen LogP) is 2.89. The van der Waals surface area contributed by atoms with Crippen molar-refractivity contribution in [2.75, 3.05) is 6.54 Å². The van der Waals surface area contributed by atoms with Crippen LogP contribution in [0.25, 0.3) is 0 Å². The van der Waals surface area contributed by atoms with Gasteiger partial charge in [-0.2, -0.15) is 0 Å². The van der Waals surface area contributed by atoms with Gasteiger partial charge >= 0.3 is 5.97 Å². The number of fused-ring (bicyclic) bond motifs is 1. The Hall–Kier alpha value is -1.84. The molecule has 2 rings (SSSR count). The number of nitrogens with zero attached hydrogens (tertiary/aromatic N) is 1. The third-order valence-electron chi connectivity index (χ3n) is 4.42. The van der Waals surface area contributed by atoms with Crippen molar-refractivity contribution >= 4 is 11.9 Å². The highest BCUT2D eigenvalue weighted by molar-refractivity contribution is 5.77. The summed E-state index contributed by atoms with van der Waals surface area (Å²) in [4.78, 5) is 25.0. The van der Waals surface area contributed by atoms with Gasteiger partial charge in [-0.1, -0.05) is 24.3 Å². The molecule has 1 aromatic rings. The maximum absolute atomic E-state index is 12.5. The molecule has 1 aliphatic carbocycles. The Kier molecular flexibility index (Phi) is 5.58. The second-order valence-electron chi connectivity index (χ2n) is 6.41. The van der Waals surface area contributed by atoms with Crippen LogP contribution in [0.3, 0.4) is 0 Å². The van der Waals surface area contributed by atoms with E-state index < -0.39 is 5.97 Å². The van der Waals surface area contributed by atoms with Crippen LogP contribution in [0, 0.1) is 5.92 Å². The first-order valence-corrected chi connectivity index (χ1v) is 8.05. The van der Waals surface area contributed by atoms with Crippen molar-refractivity contribution in [3.8, 4) is 0 Å². The van der Waals surface area contributed by atoms with E-state index >= 15 is 0 Å². The number of carboxylic acids is 1. The quantitative estimate of drug-likeness (QED) is 0.879. The largest absolute Gasteiger partial charge is 0.481 e. The molecule has 0 radical (unpaired) electrons. The highest BCUT2D eigenvalue weighted by Crippen LogP contribution is 2.28. The first kappa shape index (κ1) is 16.5. The predicted molar refractivity (Wildman–Crippen MR) is 85.7 cm³/mol. The van der Waals surface area contributed by atoms with Gasteiger partial charge in [0.15, 0.2) is 0 Å². The summed E-state index contributed by atoms with van der Waals surface area (Å²) in [7, 11) is 0. The molecule has 1 N–H and O–H groups in total. The van der Waals surface area contributed by atoms with Crippen LogP contribution in [0.15, 0.2) is 24.3 Å². The van der Waals surface area contributed by atoms with Gasteiger partial charge in [-0.3, -0.25) is 9.59 Å². The van der Waals surface area contributed by atoms with Gasteiger partial charge in [-0.15, -0.1) is 0 Å². The van der Waals surface area contributed by atoms with Crippen LogP contribution in [0.5, 0.6) is 0 Å². The number of aliphatic carboxylic acids is 1. The molecule has 0 spiro atoms. The second-order valence-corrected chi connectivity index (χ2v) is 6.41. The first-order chi connectivity index (χ1) is 10.5. The molecule has 0 heterocycles. The van der Waals surface area contributed by atoms with Crippen LogP contribution in [0.2, 0.25) is 0 Å². The fourth-order valence-corrected chi connectivity index (χ4v) is 3.20. The molecule has 0 aromatic heterocycles. The van der Waals surface area contributed by atoms with Crippen LogP contribution in [0.1, 0.15) is 44.2 Å². The number of amides is 1. The third-order valence-corrected chi connectivity index (χ3v) is 4.42. The van der Waals surface area contributed by atoms with Crippen LogP contribution >= 0.6 is 0 Å². The lowest BCUT2D eigenvalue weighted by Crippen LogP contribution is -2.39.